The molecule has 1 aliphatic carbocycles. The normalized spacial score (nSPS) is 24.1. The van der Waals surface area contributed by atoms with Gasteiger partial charge < -0.3 is 15.4 Å². The summed E-state index contributed by atoms with van der Waals surface area (Å²) in [5.74, 6) is -0.207. The summed E-state index contributed by atoms with van der Waals surface area (Å²) in [6.45, 7) is 2.08. The first-order valence-electron chi connectivity index (χ1n) is 8.06. The van der Waals surface area contributed by atoms with Gasteiger partial charge in [0.1, 0.15) is 5.82 Å². The molecule has 120 valence electrons. The van der Waals surface area contributed by atoms with Crippen molar-refractivity contribution in [2.75, 3.05) is 19.8 Å². The minimum absolute atomic E-state index is 0.0363. The maximum absolute atomic E-state index is 13.2. The molecule has 1 heterocycles. The summed E-state index contributed by atoms with van der Waals surface area (Å²) < 4.78 is 18.6. The van der Waals surface area contributed by atoms with E-state index in [2.05, 4.69) is 10.6 Å². The molecule has 0 aromatic heterocycles. The average Bonchev–Trinajstić information content (AvgIpc) is 2.98. The lowest BCUT2D eigenvalue weighted by molar-refractivity contribution is -0.124. The van der Waals surface area contributed by atoms with Gasteiger partial charge in [-0.05, 0) is 30.5 Å². The minimum atomic E-state index is -0.333. The summed E-state index contributed by atoms with van der Waals surface area (Å²) in [5.41, 5.74) is 0.674. The third-order valence-corrected chi connectivity index (χ3v) is 4.66. The molecule has 1 aliphatic heterocycles. The molecule has 3 rings (SSSR count). The Morgan fingerprint density at radius 3 is 2.68 bits per heavy atom. The van der Waals surface area contributed by atoms with Gasteiger partial charge in [0.05, 0.1) is 18.8 Å². The Balaban J connectivity index is 1.68. The van der Waals surface area contributed by atoms with E-state index < -0.39 is 0 Å². The van der Waals surface area contributed by atoms with Crippen LogP contribution in [-0.2, 0) is 15.1 Å². The van der Waals surface area contributed by atoms with Crippen molar-refractivity contribution in [1.82, 2.24) is 10.6 Å². The fourth-order valence-corrected chi connectivity index (χ4v) is 3.53. The van der Waals surface area contributed by atoms with Gasteiger partial charge in [-0.15, -0.1) is 0 Å². The summed E-state index contributed by atoms with van der Waals surface area (Å²) in [6, 6.07) is 6.61. The molecule has 2 fully saturated rings. The molecule has 1 aromatic rings. The molecule has 0 spiro atoms. The average molecular weight is 306 g/mol. The van der Waals surface area contributed by atoms with E-state index in [1.165, 1.54) is 12.1 Å². The van der Waals surface area contributed by atoms with E-state index in [-0.39, 0.29) is 23.3 Å². The zero-order chi connectivity index (χ0) is 15.4. The van der Waals surface area contributed by atoms with Gasteiger partial charge in [-0.1, -0.05) is 25.0 Å². The van der Waals surface area contributed by atoms with Crippen molar-refractivity contribution in [2.24, 2.45) is 0 Å². The highest BCUT2D eigenvalue weighted by Crippen LogP contribution is 2.38. The number of carbonyl (C=O) groups excluding carboxylic acids is 1. The molecule has 1 unspecified atom stereocenters. The molecule has 1 saturated heterocycles. The maximum atomic E-state index is 13.2. The summed E-state index contributed by atoms with van der Waals surface area (Å²) in [5, 5.41) is 6.52. The largest absolute Gasteiger partial charge is 0.378 e. The third kappa shape index (κ3) is 3.47. The molecule has 0 bridgehead atoms. The van der Waals surface area contributed by atoms with Crippen molar-refractivity contribution >= 4 is 5.91 Å². The minimum Gasteiger partial charge on any atom is -0.378 e. The Hall–Kier alpha value is -1.46. The maximum Gasteiger partial charge on any atom is 0.222 e. The predicted octanol–water partition coefficient (Wildman–Crippen LogP) is 2.09. The Labute approximate surface area is 130 Å². The lowest BCUT2D eigenvalue weighted by atomic mass is 9.87. The first-order valence-corrected chi connectivity index (χ1v) is 8.06. The van der Waals surface area contributed by atoms with Crippen LogP contribution in [0, 0.1) is 5.82 Å². The first kappa shape index (κ1) is 15.4. The number of hydrogen-bond donors (Lipinski definition) is 2. The molecule has 4 nitrogen and oxygen atoms in total. The van der Waals surface area contributed by atoms with Crippen LogP contribution in [0.25, 0.3) is 0 Å². The van der Waals surface area contributed by atoms with Crippen LogP contribution >= 0.6 is 0 Å². The Morgan fingerprint density at radius 1 is 1.32 bits per heavy atom. The molecular formula is C17H23FN2O2. The van der Waals surface area contributed by atoms with E-state index in [0.29, 0.717) is 19.6 Å². The van der Waals surface area contributed by atoms with Crippen LogP contribution < -0.4 is 10.6 Å². The summed E-state index contributed by atoms with van der Waals surface area (Å²) >= 11 is 0. The molecule has 1 saturated carbocycles. The van der Waals surface area contributed by atoms with Gasteiger partial charge in [0, 0.05) is 19.0 Å². The van der Waals surface area contributed by atoms with Gasteiger partial charge in [-0.3, -0.25) is 4.79 Å². The predicted molar refractivity (Wildman–Crippen MR) is 81.9 cm³/mol. The van der Waals surface area contributed by atoms with Crippen LogP contribution in [0.1, 0.15) is 37.7 Å². The number of rotatable bonds is 4. The second kappa shape index (κ2) is 6.75. The van der Waals surface area contributed by atoms with Gasteiger partial charge >= 0.3 is 0 Å². The highest BCUT2D eigenvalue weighted by Gasteiger charge is 2.37. The van der Waals surface area contributed by atoms with Gasteiger partial charge in [-0.2, -0.15) is 0 Å². The lowest BCUT2D eigenvalue weighted by Gasteiger charge is -2.32. The molecule has 1 amide bonds. The monoisotopic (exact) mass is 306 g/mol. The second-order valence-corrected chi connectivity index (χ2v) is 6.27. The Kier molecular flexibility index (Phi) is 4.74. The molecule has 1 aromatic carbocycles. The summed E-state index contributed by atoms with van der Waals surface area (Å²) in [4.78, 5) is 12.4. The smallest absolute Gasteiger partial charge is 0.222 e. The fraction of sp³-hybridized carbons (Fsp3) is 0.588. The van der Waals surface area contributed by atoms with Crippen LogP contribution in [0.4, 0.5) is 4.39 Å². The topological polar surface area (TPSA) is 50.4 Å². The van der Waals surface area contributed by atoms with Crippen molar-refractivity contribution in [3.05, 3.63) is 35.6 Å². The number of nitrogens with one attached hydrogen (secondary N) is 2. The standard InChI is InChI=1S/C17H23FN2O2/c18-14-5-3-13(4-6-14)17(7-1-2-8-17)20-16(21)11-15-12-22-10-9-19-15/h3-6,15,19H,1-2,7-12H2,(H,20,21). The van der Waals surface area contributed by atoms with Crippen molar-refractivity contribution in [3.8, 4) is 0 Å². The number of benzene rings is 1. The van der Waals surface area contributed by atoms with E-state index in [9.17, 15) is 9.18 Å². The highest BCUT2D eigenvalue weighted by atomic mass is 19.1. The van der Waals surface area contributed by atoms with Gasteiger partial charge in [0.2, 0.25) is 5.91 Å². The number of ether oxygens (including phenoxy) is 1. The van der Waals surface area contributed by atoms with Crippen LogP contribution in [0.15, 0.2) is 24.3 Å². The molecule has 22 heavy (non-hydrogen) atoms. The quantitative estimate of drug-likeness (QED) is 0.895. The van der Waals surface area contributed by atoms with Crippen molar-refractivity contribution in [1.29, 1.82) is 0 Å². The van der Waals surface area contributed by atoms with E-state index in [0.717, 1.165) is 37.8 Å². The van der Waals surface area contributed by atoms with Gasteiger partial charge in [-0.25, -0.2) is 4.39 Å². The van der Waals surface area contributed by atoms with E-state index >= 15 is 0 Å². The van der Waals surface area contributed by atoms with Crippen LogP contribution in [0.3, 0.4) is 0 Å². The SMILES string of the molecule is O=C(CC1COCCN1)NC1(c2ccc(F)cc2)CCCC1. The first-order chi connectivity index (χ1) is 10.7. The molecule has 0 radical (unpaired) electrons. The molecule has 2 aliphatic rings. The summed E-state index contributed by atoms with van der Waals surface area (Å²) in [7, 11) is 0. The number of amides is 1. The molecule has 2 N–H and O–H groups in total. The molecular weight excluding hydrogens is 283 g/mol. The van der Waals surface area contributed by atoms with Crippen molar-refractivity contribution < 1.29 is 13.9 Å². The Bertz CT molecular complexity index is 506. The van der Waals surface area contributed by atoms with Gasteiger partial charge in [0.15, 0.2) is 0 Å². The number of halogens is 1. The van der Waals surface area contributed by atoms with Crippen LogP contribution in [0.2, 0.25) is 0 Å². The van der Waals surface area contributed by atoms with E-state index in [1.54, 1.807) is 12.1 Å². The van der Waals surface area contributed by atoms with E-state index in [1.807, 2.05) is 0 Å². The lowest BCUT2D eigenvalue weighted by Crippen LogP contribution is -2.48. The molecule has 1 atom stereocenters. The van der Waals surface area contributed by atoms with Gasteiger partial charge in [0.25, 0.3) is 0 Å². The number of morpholine rings is 1. The van der Waals surface area contributed by atoms with Crippen LogP contribution in [0.5, 0.6) is 0 Å². The zero-order valence-electron chi connectivity index (χ0n) is 12.7. The van der Waals surface area contributed by atoms with Crippen LogP contribution in [-0.4, -0.2) is 31.7 Å². The second-order valence-electron chi connectivity index (χ2n) is 6.27. The molecule has 5 heteroatoms. The third-order valence-electron chi connectivity index (χ3n) is 4.66. The van der Waals surface area contributed by atoms with Crippen molar-refractivity contribution in [2.45, 2.75) is 43.7 Å². The highest BCUT2D eigenvalue weighted by molar-refractivity contribution is 5.77. The Morgan fingerprint density at radius 2 is 2.05 bits per heavy atom. The number of carbonyl (C=O) groups is 1. The summed E-state index contributed by atoms with van der Waals surface area (Å²) in [6.07, 6.45) is 4.42. The fourth-order valence-electron chi connectivity index (χ4n) is 3.53. The van der Waals surface area contributed by atoms with E-state index in [4.69, 9.17) is 4.74 Å². The van der Waals surface area contributed by atoms with Crippen molar-refractivity contribution in [3.63, 3.8) is 0 Å². The number of hydrogen-bond acceptors (Lipinski definition) is 3. The zero-order valence-corrected chi connectivity index (χ0v) is 12.7.